The van der Waals surface area contributed by atoms with E-state index in [2.05, 4.69) is 16.0 Å². The molecule has 1 fully saturated rings. The van der Waals surface area contributed by atoms with E-state index in [1.807, 2.05) is 13.8 Å². The molecule has 0 radical (unpaired) electrons. The van der Waals surface area contributed by atoms with Gasteiger partial charge in [-0.1, -0.05) is 26.0 Å². The molecule has 0 aromatic heterocycles. The smallest absolute Gasteiger partial charge is 0.319 e. The van der Waals surface area contributed by atoms with Gasteiger partial charge in [0.2, 0.25) is 5.91 Å². The van der Waals surface area contributed by atoms with Gasteiger partial charge in [0.15, 0.2) is 5.78 Å². The number of hydrogen-bond donors (Lipinski definition) is 7. The summed E-state index contributed by atoms with van der Waals surface area (Å²) in [5.41, 5.74) is 3.89. The summed E-state index contributed by atoms with van der Waals surface area (Å²) in [6.45, 7) is 5.05. The molecule has 11 nitrogen and oxygen atoms in total. The maximum Gasteiger partial charge on any atom is 0.319 e. The van der Waals surface area contributed by atoms with Crippen LogP contribution >= 0.6 is 0 Å². The van der Waals surface area contributed by atoms with E-state index < -0.39 is 60.6 Å². The number of primary amides is 1. The molecule has 0 bridgehead atoms. The van der Waals surface area contributed by atoms with Crippen LogP contribution in [0.15, 0.2) is 24.3 Å². The predicted molar refractivity (Wildman–Crippen MR) is 119 cm³/mol. The summed E-state index contributed by atoms with van der Waals surface area (Å²) >= 11 is 0. The fourth-order valence-electron chi connectivity index (χ4n) is 3.79. The van der Waals surface area contributed by atoms with E-state index in [0.717, 1.165) is 0 Å². The Morgan fingerprint density at radius 3 is 2.42 bits per heavy atom. The van der Waals surface area contributed by atoms with Gasteiger partial charge in [0.1, 0.15) is 17.7 Å². The predicted octanol–water partition coefficient (Wildman–Crippen LogP) is -0.358. The Morgan fingerprint density at radius 1 is 1.18 bits per heavy atom. The van der Waals surface area contributed by atoms with Crippen LogP contribution in [0, 0.1) is 5.92 Å². The van der Waals surface area contributed by atoms with E-state index in [9.17, 15) is 34.5 Å². The topological polar surface area (TPSA) is 191 Å². The van der Waals surface area contributed by atoms with Gasteiger partial charge in [0.05, 0.1) is 12.1 Å². The van der Waals surface area contributed by atoms with E-state index in [1.54, 1.807) is 18.2 Å². The third-order valence-corrected chi connectivity index (χ3v) is 5.53. The molecule has 0 heterocycles. The van der Waals surface area contributed by atoms with Gasteiger partial charge < -0.3 is 37.0 Å². The number of hydrogen-bond acceptors (Lipinski definition) is 7. The van der Waals surface area contributed by atoms with Crippen molar-refractivity contribution in [2.75, 3.05) is 5.32 Å². The van der Waals surface area contributed by atoms with Gasteiger partial charge in [-0.3, -0.25) is 14.4 Å². The normalized spacial score (nSPS) is 25.7. The largest absolute Gasteiger partial charge is 0.390 e. The molecule has 33 heavy (non-hydrogen) atoms. The minimum atomic E-state index is -2.16. The first kappa shape index (κ1) is 26.2. The highest BCUT2D eigenvalue weighted by Crippen LogP contribution is 2.30. The number of urea groups is 1. The number of carbonyl (C=O) groups excluding carboxylic acids is 4. The summed E-state index contributed by atoms with van der Waals surface area (Å²) in [6, 6.07) is 3.22. The van der Waals surface area contributed by atoms with Crippen molar-refractivity contribution in [2.45, 2.75) is 69.9 Å². The van der Waals surface area contributed by atoms with Crippen LogP contribution in [-0.2, 0) is 9.59 Å². The Balaban J connectivity index is 2.10. The van der Waals surface area contributed by atoms with Crippen LogP contribution in [0.3, 0.4) is 0 Å². The lowest BCUT2D eigenvalue weighted by molar-refractivity contribution is -0.159. The molecule has 182 valence electrons. The molecule has 11 heteroatoms. The van der Waals surface area contributed by atoms with E-state index in [-0.39, 0.29) is 18.1 Å². The van der Waals surface area contributed by atoms with Gasteiger partial charge in [-0.05, 0) is 31.4 Å². The maximum atomic E-state index is 12.8. The van der Waals surface area contributed by atoms with Crippen molar-refractivity contribution in [3.05, 3.63) is 29.8 Å². The van der Waals surface area contributed by atoms with Crippen LogP contribution in [0.2, 0.25) is 0 Å². The lowest BCUT2D eigenvalue weighted by atomic mass is 9.77. The molecule has 0 saturated heterocycles. The SMILES string of the molecule is CC(=O)c1cccc(NC(=O)N[C@H]2C[C@@](O)(C(=O)N[C@H](CC(C)C)C(N)=O)C[C@@H](O)[C@@H]2O)c1. The van der Waals surface area contributed by atoms with Crippen LogP contribution in [0.1, 0.15) is 50.4 Å². The van der Waals surface area contributed by atoms with Crippen LogP contribution in [0.5, 0.6) is 0 Å². The monoisotopic (exact) mass is 464 g/mol. The summed E-state index contributed by atoms with van der Waals surface area (Å²) in [5.74, 6) is -1.85. The maximum absolute atomic E-state index is 12.8. The minimum absolute atomic E-state index is 0.0378. The Morgan fingerprint density at radius 2 is 1.85 bits per heavy atom. The summed E-state index contributed by atoms with van der Waals surface area (Å²) in [4.78, 5) is 48.4. The van der Waals surface area contributed by atoms with Crippen molar-refractivity contribution < 1.29 is 34.5 Å². The van der Waals surface area contributed by atoms with E-state index in [4.69, 9.17) is 5.73 Å². The summed E-state index contributed by atoms with van der Waals surface area (Å²) in [6.07, 6.45) is -3.61. The Hall–Kier alpha value is -3.02. The van der Waals surface area contributed by atoms with Crippen molar-refractivity contribution in [1.82, 2.24) is 10.6 Å². The number of nitrogens with two attached hydrogens (primary N) is 1. The molecule has 1 aromatic rings. The number of anilines is 1. The molecule has 1 aliphatic rings. The lowest BCUT2D eigenvalue weighted by Gasteiger charge is -2.41. The van der Waals surface area contributed by atoms with Gasteiger partial charge in [-0.15, -0.1) is 0 Å². The number of aliphatic hydroxyl groups excluding tert-OH is 2. The second-order valence-corrected chi connectivity index (χ2v) is 8.90. The van der Waals surface area contributed by atoms with Crippen LogP contribution in [0.4, 0.5) is 10.5 Å². The second kappa shape index (κ2) is 10.7. The van der Waals surface area contributed by atoms with Gasteiger partial charge in [-0.2, -0.15) is 0 Å². The average Bonchev–Trinajstić information content (AvgIpc) is 2.70. The van der Waals surface area contributed by atoms with Crippen molar-refractivity contribution in [3.63, 3.8) is 0 Å². The number of carbonyl (C=O) groups is 4. The molecular weight excluding hydrogens is 432 g/mol. The highest BCUT2D eigenvalue weighted by Gasteiger charge is 2.49. The Bertz CT molecular complexity index is 906. The van der Waals surface area contributed by atoms with Crippen molar-refractivity contribution in [2.24, 2.45) is 11.7 Å². The fraction of sp³-hybridized carbons (Fsp3) is 0.545. The zero-order chi connectivity index (χ0) is 24.9. The Labute approximate surface area is 191 Å². The second-order valence-electron chi connectivity index (χ2n) is 8.90. The molecule has 5 atom stereocenters. The molecular formula is C22H32N4O7. The first-order valence-corrected chi connectivity index (χ1v) is 10.7. The summed E-state index contributed by atoms with van der Waals surface area (Å²) in [5, 5.41) is 38.8. The van der Waals surface area contributed by atoms with Crippen LogP contribution in [-0.4, -0.2) is 68.8 Å². The number of Topliss-reactive ketones (excluding diaryl/α,β-unsaturated/α-hetero) is 1. The molecule has 1 aliphatic carbocycles. The number of nitrogens with one attached hydrogen (secondary N) is 3. The Kier molecular flexibility index (Phi) is 8.53. The third kappa shape index (κ3) is 6.98. The molecule has 0 unspecified atom stereocenters. The number of benzene rings is 1. The fourth-order valence-corrected chi connectivity index (χ4v) is 3.79. The molecule has 0 aliphatic heterocycles. The van der Waals surface area contributed by atoms with Crippen molar-refractivity contribution >= 4 is 29.3 Å². The molecule has 4 amide bonds. The molecule has 1 aromatic carbocycles. The van der Waals surface area contributed by atoms with Crippen LogP contribution in [0.25, 0.3) is 0 Å². The summed E-state index contributed by atoms with van der Waals surface area (Å²) in [7, 11) is 0. The van der Waals surface area contributed by atoms with E-state index in [0.29, 0.717) is 11.3 Å². The van der Waals surface area contributed by atoms with Gasteiger partial charge in [0, 0.05) is 24.1 Å². The van der Waals surface area contributed by atoms with Crippen molar-refractivity contribution in [3.8, 4) is 0 Å². The molecule has 1 saturated carbocycles. The van der Waals surface area contributed by atoms with Crippen molar-refractivity contribution in [1.29, 1.82) is 0 Å². The number of rotatable bonds is 8. The number of aliphatic hydroxyl groups is 3. The van der Waals surface area contributed by atoms with Gasteiger partial charge in [-0.25, -0.2) is 4.79 Å². The van der Waals surface area contributed by atoms with E-state index >= 15 is 0 Å². The van der Waals surface area contributed by atoms with Gasteiger partial charge >= 0.3 is 6.03 Å². The highest BCUT2D eigenvalue weighted by molar-refractivity contribution is 5.97. The highest BCUT2D eigenvalue weighted by atomic mass is 16.3. The zero-order valence-corrected chi connectivity index (χ0v) is 18.9. The quantitative estimate of drug-likeness (QED) is 0.255. The lowest BCUT2D eigenvalue weighted by Crippen LogP contribution is -2.64. The summed E-state index contributed by atoms with van der Waals surface area (Å²) < 4.78 is 0. The zero-order valence-electron chi connectivity index (χ0n) is 18.9. The molecule has 2 rings (SSSR count). The third-order valence-electron chi connectivity index (χ3n) is 5.53. The molecule has 8 N–H and O–H groups in total. The minimum Gasteiger partial charge on any atom is -0.390 e. The van der Waals surface area contributed by atoms with E-state index in [1.165, 1.54) is 13.0 Å². The standard InChI is InChI=1S/C22H32N4O7/c1-11(2)7-15(19(23)30)25-20(31)22(33)9-16(18(29)17(28)10-22)26-21(32)24-14-6-4-5-13(8-14)12(3)27/h4-6,8,11,15-18,28-29,33H,7,9-10H2,1-3H3,(H2,23,30)(H,25,31)(H2,24,26,32)/t15-,16+,17-,18-,22+/m1/s1. The number of amides is 4. The first-order valence-electron chi connectivity index (χ1n) is 10.7. The first-order chi connectivity index (χ1) is 15.3. The molecule has 0 spiro atoms. The van der Waals surface area contributed by atoms with Gasteiger partial charge in [0.25, 0.3) is 5.91 Å². The average molecular weight is 465 g/mol. The number of ketones is 1. The van der Waals surface area contributed by atoms with Crippen LogP contribution < -0.4 is 21.7 Å².